The lowest BCUT2D eigenvalue weighted by atomic mass is 10.0. The second-order valence-corrected chi connectivity index (χ2v) is 7.43. The van der Waals surface area contributed by atoms with Crippen LogP contribution in [0.4, 0.5) is 5.69 Å². The first kappa shape index (κ1) is 18.5. The number of piperazine rings is 1. The Bertz CT molecular complexity index is 869. The summed E-state index contributed by atoms with van der Waals surface area (Å²) in [5, 5.41) is 2.86. The molecule has 2 aliphatic heterocycles. The van der Waals surface area contributed by atoms with Gasteiger partial charge in [0.2, 0.25) is 5.91 Å². The van der Waals surface area contributed by atoms with Crippen LogP contribution < -0.4 is 10.1 Å². The number of likely N-dealkylation sites (N-methyl/N-ethyl adjacent to an activating group) is 1. The highest BCUT2D eigenvalue weighted by atomic mass is 16.5. The molecule has 0 saturated carbocycles. The van der Waals surface area contributed by atoms with Crippen LogP contribution in [0.5, 0.6) is 5.75 Å². The fourth-order valence-corrected chi connectivity index (χ4v) is 3.86. The van der Waals surface area contributed by atoms with Crippen molar-refractivity contribution in [2.24, 2.45) is 0 Å². The SMILES string of the molecule is CN1CCN(C(=O)COc2ccc3c(c2)CCC(=O)N3)C(c2ccccc2)C1. The standard InChI is InChI=1S/C22H25N3O3/c1-24-11-12-25(20(14-24)16-5-3-2-4-6-16)22(27)15-28-18-8-9-19-17(13-18)7-10-21(26)23-19/h2-6,8-9,13,20H,7,10-12,14-15H2,1H3,(H,23,26). The van der Waals surface area contributed by atoms with Crippen molar-refractivity contribution >= 4 is 17.5 Å². The molecule has 0 aromatic heterocycles. The molecule has 2 aromatic rings. The first-order valence-electron chi connectivity index (χ1n) is 9.69. The fourth-order valence-electron chi connectivity index (χ4n) is 3.86. The van der Waals surface area contributed by atoms with Crippen LogP contribution in [0, 0.1) is 0 Å². The molecule has 1 saturated heterocycles. The van der Waals surface area contributed by atoms with Crippen LogP contribution in [0.25, 0.3) is 0 Å². The van der Waals surface area contributed by atoms with Crippen LogP contribution in [0.3, 0.4) is 0 Å². The maximum atomic E-state index is 12.9. The van der Waals surface area contributed by atoms with Gasteiger partial charge in [-0.1, -0.05) is 30.3 Å². The van der Waals surface area contributed by atoms with Crippen LogP contribution in [0.2, 0.25) is 0 Å². The third-order valence-electron chi connectivity index (χ3n) is 5.42. The number of fused-ring (bicyclic) bond motifs is 1. The van der Waals surface area contributed by atoms with Crippen LogP contribution in [-0.2, 0) is 16.0 Å². The highest BCUT2D eigenvalue weighted by Crippen LogP contribution is 2.28. The van der Waals surface area contributed by atoms with Crippen molar-refractivity contribution in [3.05, 3.63) is 59.7 Å². The summed E-state index contributed by atoms with van der Waals surface area (Å²) in [5.41, 5.74) is 3.02. The monoisotopic (exact) mass is 379 g/mol. The predicted octanol–water partition coefficient (Wildman–Crippen LogP) is 2.47. The molecule has 1 unspecified atom stereocenters. The van der Waals surface area contributed by atoms with Crippen LogP contribution in [0.15, 0.2) is 48.5 Å². The van der Waals surface area contributed by atoms with Gasteiger partial charge in [-0.15, -0.1) is 0 Å². The molecule has 1 atom stereocenters. The Morgan fingerprint density at radius 3 is 2.79 bits per heavy atom. The smallest absolute Gasteiger partial charge is 0.261 e. The van der Waals surface area contributed by atoms with E-state index in [1.165, 1.54) is 0 Å². The van der Waals surface area contributed by atoms with Crippen molar-refractivity contribution in [3.8, 4) is 5.75 Å². The molecule has 6 nitrogen and oxygen atoms in total. The van der Waals surface area contributed by atoms with Crippen molar-refractivity contribution in [2.75, 3.05) is 38.6 Å². The summed E-state index contributed by atoms with van der Waals surface area (Å²) < 4.78 is 5.81. The number of anilines is 1. The second-order valence-electron chi connectivity index (χ2n) is 7.43. The number of aryl methyl sites for hydroxylation is 1. The van der Waals surface area contributed by atoms with Crippen molar-refractivity contribution in [3.63, 3.8) is 0 Å². The Hall–Kier alpha value is -2.86. The van der Waals surface area contributed by atoms with E-state index >= 15 is 0 Å². The molecule has 2 aromatic carbocycles. The van der Waals surface area contributed by atoms with E-state index < -0.39 is 0 Å². The number of amides is 2. The minimum atomic E-state index is -0.00650. The maximum absolute atomic E-state index is 12.9. The predicted molar refractivity (Wildman–Crippen MR) is 107 cm³/mol. The highest BCUT2D eigenvalue weighted by Gasteiger charge is 2.30. The first-order chi connectivity index (χ1) is 13.6. The summed E-state index contributed by atoms with van der Waals surface area (Å²) in [6, 6.07) is 15.8. The van der Waals surface area contributed by atoms with Gasteiger partial charge in [-0.2, -0.15) is 0 Å². The third kappa shape index (κ3) is 4.02. The molecular formula is C22H25N3O3. The number of carbonyl (C=O) groups excluding carboxylic acids is 2. The largest absolute Gasteiger partial charge is 0.484 e. The highest BCUT2D eigenvalue weighted by molar-refractivity contribution is 5.94. The topological polar surface area (TPSA) is 61.9 Å². The Labute approximate surface area is 165 Å². The summed E-state index contributed by atoms with van der Waals surface area (Å²) in [7, 11) is 2.08. The Morgan fingerprint density at radius 1 is 1.14 bits per heavy atom. The van der Waals surface area contributed by atoms with Gasteiger partial charge in [0.15, 0.2) is 6.61 Å². The lowest BCUT2D eigenvalue weighted by Gasteiger charge is -2.40. The van der Waals surface area contributed by atoms with E-state index in [4.69, 9.17) is 4.74 Å². The minimum Gasteiger partial charge on any atom is -0.484 e. The number of hydrogen-bond donors (Lipinski definition) is 1. The Balaban J connectivity index is 1.43. The molecule has 2 heterocycles. The average molecular weight is 379 g/mol. The number of benzene rings is 2. The Morgan fingerprint density at radius 2 is 1.96 bits per heavy atom. The van der Waals surface area contributed by atoms with Gasteiger partial charge >= 0.3 is 0 Å². The molecule has 0 bridgehead atoms. The van der Waals surface area contributed by atoms with E-state index in [1.54, 1.807) is 6.07 Å². The average Bonchev–Trinajstić information content (AvgIpc) is 2.72. The zero-order chi connectivity index (χ0) is 19.5. The molecule has 0 radical (unpaired) electrons. The number of nitrogens with one attached hydrogen (secondary N) is 1. The molecule has 146 valence electrons. The molecule has 28 heavy (non-hydrogen) atoms. The number of hydrogen-bond acceptors (Lipinski definition) is 4. The molecule has 6 heteroatoms. The van der Waals surface area contributed by atoms with Crippen LogP contribution >= 0.6 is 0 Å². The molecule has 0 spiro atoms. The molecule has 1 fully saturated rings. The van der Waals surface area contributed by atoms with Gasteiger partial charge < -0.3 is 19.9 Å². The van der Waals surface area contributed by atoms with Crippen molar-refractivity contribution < 1.29 is 14.3 Å². The minimum absolute atomic E-state index is 0.00650. The molecule has 4 rings (SSSR count). The molecule has 1 N–H and O–H groups in total. The molecule has 0 aliphatic carbocycles. The fraction of sp³-hybridized carbons (Fsp3) is 0.364. The van der Waals surface area contributed by atoms with E-state index in [1.807, 2.05) is 35.2 Å². The van der Waals surface area contributed by atoms with Gasteiger partial charge in [-0.05, 0) is 42.8 Å². The third-order valence-corrected chi connectivity index (χ3v) is 5.42. The maximum Gasteiger partial charge on any atom is 0.261 e. The summed E-state index contributed by atoms with van der Waals surface area (Å²) in [6.45, 7) is 2.37. The van der Waals surface area contributed by atoms with Gasteiger partial charge in [-0.3, -0.25) is 9.59 Å². The quantitative estimate of drug-likeness (QED) is 0.887. The van der Waals surface area contributed by atoms with Gasteiger partial charge in [0.25, 0.3) is 5.91 Å². The van der Waals surface area contributed by atoms with Crippen LogP contribution in [-0.4, -0.2) is 54.9 Å². The molecule has 2 aliphatic rings. The number of nitrogens with zero attached hydrogens (tertiary/aromatic N) is 2. The van der Waals surface area contributed by atoms with Gasteiger partial charge in [-0.25, -0.2) is 0 Å². The lowest BCUT2D eigenvalue weighted by Crippen LogP contribution is -2.50. The van der Waals surface area contributed by atoms with Crippen molar-refractivity contribution in [1.82, 2.24) is 9.80 Å². The summed E-state index contributed by atoms with van der Waals surface area (Å²) in [4.78, 5) is 28.6. The number of carbonyl (C=O) groups is 2. The van der Waals surface area contributed by atoms with Crippen molar-refractivity contribution in [1.29, 1.82) is 0 Å². The summed E-state index contributed by atoms with van der Waals surface area (Å²) in [5.74, 6) is 0.694. The molecular weight excluding hydrogens is 354 g/mol. The van der Waals surface area contributed by atoms with E-state index in [2.05, 4.69) is 29.4 Å². The van der Waals surface area contributed by atoms with Gasteiger partial charge in [0.1, 0.15) is 5.75 Å². The number of ether oxygens (including phenoxy) is 1. The van der Waals surface area contributed by atoms with Gasteiger partial charge in [0.05, 0.1) is 6.04 Å². The molecule has 2 amide bonds. The van der Waals surface area contributed by atoms with E-state index in [9.17, 15) is 9.59 Å². The Kier molecular flexibility index (Phi) is 5.30. The summed E-state index contributed by atoms with van der Waals surface area (Å²) >= 11 is 0. The first-order valence-corrected chi connectivity index (χ1v) is 9.69. The summed E-state index contributed by atoms with van der Waals surface area (Å²) in [6.07, 6.45) is 1.18. The van der Waals surface area contributed by atoms with Gasteiger partial charge in [0, 0.05) is 31.7 Å². The van der Waals surface area contributed by atoms with E-state index in [0.717, 1.165) is 29.9 Å². The van der Waals surface area contributed by atoms with E-state index in [-0.39, 0.29) is 24.5 Å². The zero-order valence-corrected chi connectivity index (χ0v) is 16.1. The van der Waals surface area contributed by atoms with E-state index in [0.29, 0.717) is 25.1 Å². The second kappa shape index (κ2) is 8.02. The van der Waals surface area contributed by atoms with Crippen LogP contribution in [0.1, 0.15) is 23.6 Å². The number of rotatable bonds is 4. The van der Waals surface area contributed by atoms with Crippen molar-refractivity contribution in [2.45, 2.75) is 18.9 Å². The normalized spacial score (nSPS) is 19.7. The lowest BCUT2D eigenvalue weighted by molar-refractivity contribution is -0.138. The zero-order valence-electron chi connectivity index (χ0n) is 16.1.